The summed E-state index contributed by atoms with van der Waals surface area (Å²) in [5.74, 6) is -0.898. The van der Waals surface area contributed by atoms with Crippen LogP contribution in [0.2, 0.25) is 0 Å². The molecule has 6 heteroatoms. The number of rotatable bonds is 51. The summed E-state index contributed by atoms with van der Waals surface area (Å²) >= 11 is 0. The van der Waals surface area contributed by atoms with Crippen molar-refractivity contribution in [1.29, 1.82) is 0 Å². The Morgan fingerprint density at radius 2 is 0.554 bits per heavy atom. The maximum absolute atomic E-state index is 12.8. The third kappa shape index (κ3) is 52.2. The van der Waals surface area contributed by atoms with Crippen LogP contribution in [-0.4, -0.2) is 37.2 Å². The zero-order valence-electron chi connectivity index (χ0n) is 43.3. The summed E-state index contributed by atoms with van der Waals surface area (Å²) in [6, 6.07) is 0. The standard InChI is InChI=1S/C59H106O6/c1-4-7-10-13-16-19-22-25-28-29-32-34-37-40-43-46-49-52-58(61)64-55-56(65-59(62)53-50-47-44-41-38-35-31-27-24-21-18-15-12-9-6-3)54-63-57(60)51-48-45-42-39-36-33-30-26-23-20-17-14-11-8-5-2/h18,21,25-28,30-31,56H,4-17,19-20,22-24,29,32-55H2,1-3H3. The Labute approximate surface area is 403 Å². The van der Waals surface area contributed by atoms with Gasteiger partial charge >= 0.3 is 17.9 Å². The van der Waals surface area contributed by atoms with E-state index in [1.807, 2.05) is 0 Å². The fourth-order valence-corrected chi connectivity index (χ4v) is 7.99. The van der Waals surface area contributed by atoms with E-state index in [1.54, 1.807) is 0 Å². The van der Waals surface area contributed by atoms with E-state index >= 15 is 0 Å². The Bertz CT molecular complexity index is 1140. The van der Waals surface area contributed by atoms with Gasteiger partial charge < -0.3 is 14.2 Å². The van der Waals surface area contributed by atoms with E-state index in [4.69, 9.17) is 14.2 Å². The van der Waals surface area contributed by atoms with Gasteiger partial charge in [0.15, 0.2) is 6.10 Å². The molecule has 0 aromatic heterocycles. The first-order chi connectivity index (χ1) is 32.0. The van der Waals surface area contributed by atoms with Crippen LogP contribution < -0.4 is 0 Å². The van der Waals surface area contributed by atoms with Gasteiger partial charge in [-0.05, 0) is 103 Å². The van der Waals surface area contributed by atoms with Crippen molar-refractivity contribution in [3.63, 3.8) is 0 Å². The lowest BCUT2D eigenvalue weighted by molar-refractivity contribution is -0.167. The molecule has 0 bridgehead atoms. The highest BCUT2D eigenvalue weighted by Gasteiger charge is 2.19. The molecule has 0 aromatic carbocycles. The Hall–Kier alpha value is -2.63. The fraction of sp³-hybridized carbons (Fsp3) is 0.814. The second-order valence-corrected chi connectivity index (χ2v) is 18.8. The molecule has 0 fully saturated rings. The zero-order valence-corrected chi connectivity index (χ0v) is 43.3. The second kappa shape index (κ2) is 54.0. The van der Waals surface area contributed by atoms with Crippen molar-refractivity contribution in [2.45, 2.75) is 297 Å². The molecular formula is C59H106O6. The average molecular weight is 911 g/mol. The van der Waals surface area contributed by atoms with Crippen molar-refractivity contribution >= 4 is 17.9 Å². The molecule has 378 valence electrons. The summed E-state index contributed by atoms with van der Waals surface area (Å²) in [5.41, 5.74) is 0. The molecule has 0 saturated heterocycles. The first kappa shape index (κ1) is 62.4. The minimum Gasteiger partial charge on any atom is -0.462 e. The van der Waals surface area contributed by atoms with Gasteiger partial charge in [-0.25, -0.2) is 0 Å². The number of ether oxygens (including phenoxy) is 3. The molecule has 0 saturated carbocycles. The SMILES string of the molecule is CCCCCC=CCC=CCCCCCCCC(=O)OC(COC(=O)CCCCCCCC=CCCCCCCCC)COC(=O)CCCCCCCCCC=CCCCCCCCC. The molecule has 0 aromatic rings. The van der Waals surface area contributed by atoms with Crippen LogP contribution in [0.4, 0.5) is 0 Å². The number of hydrogen-bond acceptors (Lipinski definition) is 6. The molecule has 6 nitrogen and oxygen atoms in total. The minimum absolute atomic E-state index is 0.0825. The largest absolute Gasteiger partial charge is 0.462 e. The Morgan fingerprint density at radius 1 is 0.308 bits per heavy atom. The Morgan fingerprint density at radius 3 is 0.892 bits per heavy atom. The van der Waals surface area contributed by atoms with Gasteiger partial charge in [0.1, 0.15) is 13.2 Å². The molecule has 0 aliphatic rings. The number of allylic oxidation sites excluding steroid dienone is 8. The molecule has 1 atom stereocenters. The van der Waals surface area contributed by atoms with Crippen LogP contribution in [0, 0.1) is 0 Å². The number of hydrogen-bond donors (Lipinski definition) is 0. The average Bonchev–Trinajstić information content (AvgIpc) is 3.30. The van der Waals surface area contributed by atoms with Crippen LogP contribution in [0.15, 0.2) is 48.6 Å². The summed E-state index contributed by atoms with van der Waals surface area (Å²) in [7, 11) is 0. The van der Waals surface area contributed by atoms with Gasteiger partial charge in [0, 0.05) is 19.3 Å². The summed E-state index contributed by atoms with van der Waals surface area (Å²) in [6.45, 7) is 6.60. The first-order valence-electron chi connectivity index (χ1n) is 28.1. The quantitative estimate of drug-likeness (QED) is 0.0262. The van der Waals surface area contributed by atoms with Gasteiger partial charge in [-0.2, -0.15) is 0 Å². The molecule has 0 aliphatic carbocycles. The van der Waals surface area contributed by atoms with Gasteiger partial charge in [0.05, 0.1) is 0 Å². The van der Waals surface area contributed by atoms with Crippen molar-refractivity contribution in [2.75, 3.05) is 13.2 Å². The molecule has 0 spiro atoms. The van der Waals surface area contributed by atoms with Crippen molar-refractivity contribution < 1.29 is 28.6 Å². The maximum atomic E-state index is 12.8. The summed E-state index contributed by atoms with van der Waals surface area (Å²) in [5, 5.41) is 0. The fourth-order valence-electron chi connectivity index (χ4n) is 7.99. The molecule has 0 N–H and O–H groups in total. The predicted octanol–water partition coefficient (Wildman–Crippen LogP) is 18.7. The Balaban J connectivity index is 4.40. The number of unbranched alkanes of at least 4 members (excludes halogenated alkanes) is 32. The van der Waals surface area contributed by atoms with E-state index in [2.05, 4.69) is 69.4 Å². The lowest BCUT2D eigenvalue weighted by Crippen LogP contribution is -2.30. The second-order valence-electron chi connectivity index (χ2n) is 18.8. The molecule has 0 heterocycles. The lowest BCUT2D eigenvalue weighted by atomic mass is 10.1. The summed E-state index contributed by atoms with van der Waals surface area (Å²) in [6.07, 6.45) is 65.2. The van der Waals surface area contributed by atoms with E-state index in [-0.39, 0.29) is 31.1 Å². The van der Waals surface area contributed by atoms with Crippen LogP contribution in [0.3, 0.4) is 0 Å². The number of carbonyl (C=O) groups excluding carboxylic acids is 3. The highest BCUT2D eigenvalue weighted by molar-refractivity contribution is 5.71. The molecular weight excluding hydrogens is 805 g/mol. The normalized spacial score (nSPS) is 12.4. The molecule has 65 heavy (non-hydrogen) atoms. The van der Waals surface area contributed by atoms with Gasteiger partial charge in [-0.1, -0.05) is 217 Å². The van der Waals surface area contributed by atoms with Crippen molar-refractivity contribution in [1.82, 2.24) is 0 Å². The lowest BCUT2D eigenvalue weighted by Gasteiger charge is -2.18. The molecule has 0 rings (SSSR count). The molecule has 0 aliphatic heterocycles. The highest BCUT2D eigenvalue weighted by Crippen LogP contribution is 2.15. The van der Waals surface area contributed by atoms with E-state index in [0.717, 1.165) is 89.9 Å². The van der Waals surface area contributed by atoms with Crippen LogP contribution in [-0.2, 0) is 28.6 Å². The van der Waals surface area contributed by atoms with Crippen molar-refractivity contribution in [3.8, 4) is 0 Å². The van der Waals surface area contributed by atoms with E-state index in [9.17, 15) is 14.4 Å². The van der Waals surface area contributed by atoms with E-state index in [0.29, 0.717) is 19.3 Å². The third-order valence-electron chi connectivity index (χ3n) is 12.3. The topological polar surface area (TPSA) is 78.9 Å². The van der Waals surface area contributed by atoms with Crippen LogP contribution >= 0.6 is 0 Å². The van der Waals surface area contributed by atoms with Gasteiger partial charge in [0.25, 0.3) is 0 Å². The minimum atomic E-state index is -0.784. The monoisotopic (exact) mass is 911 g/mol. The van der Waals surface area contributed by atoms with Crippen LogP contribution in [0.25, 0.3) is 0 Å². The van der Waals surface area contributed by atoms with Crippen LogP contribution in [0.1, 0.15) is 290 Å². The van der Waals surface area contributed by atoms with Gasteiger partial charge in [-0.15, -0.1) is 0 Å². The zero-order chi connectivity index (χ0) is 47.2. The summed E-state index contributed by atoms with van der Waals surface area (Å²) < 4.78 is 16.8. The van der Waals surface area contributed by atoms with Gasteiger partial charge in [-0.3, -0.25) is 14.4 Å². The first-order valence-corrected chi connectivity index (χ1v) is 28.1. The van der Waals surface area contributed by atoms with E-state index in [1.165, 1.54) is 161 Å². The molecule has 1 unspecified atom stereocenters. The predicted molar refractivity (Wildman–Crippen MR) is 279 cm³/mol. The molecule has 0 radical (unpaired) electrons. The smallest absolute Gasteiger partial charge is 0.306 e. The number of esters is 3. The number of carbonyl (C=O) groups is 3. The molecule has 0 amide bonds. The van der Waals surface area contributed by atoms with Crippen LogP contribution in [0.5, 0.6) is 0 Å². The summed E-state index contributed by atoms with van der Waals surface area (Å²) in [4.78, 5) is 38.1. The highest BCUT2D eigenvalue weighted by atomic mass is 16.6. The van der Waals surface area contributed by atoms with E-state index < -0.39 is 6.10 Å². The maximum Gasteiger partial charge on any atom is 0.306 e. The third-order valence-corrected chi connectivity index (χ3v) is 12.3. The van der Waals surface area contributed by atoms with Crippen molar-refractivity contribution in [3.05, 3.63) is 48.6 Å². The Kier molecular flexibility index (Phi) is 51.8. The van der Waals surface area contributed by atoms with Crippen molar-refractivity contribution in [2.24, 2.45) is 0 Å². The van der Waals surface area contributed by atoms with Gasteiger partial charge in [0.2, 0.25) is 0 Å².